The van der Waals surface area contributed by atoms with Gasteiger partial charge in [0.1, 0.15) is 5.85 Å². The molecule has 4 heteroatoms. The molecule has 0 aliphatic rings. The van der Waals surface area contributed by atoms with Crippen LogP contribution in [0.1, 0.15) is 20.3 Å². The van der Waals surface area contributed by atoms with Gasteiger partial charge in [-0.05, 0) is 25.5 Å². The maximum Gasteiger partial charge on any atom is 0.259 e. The van der Waals surface area contributed by atoms with Gasteiger partial charge < -0.3 is 9.63 Å². The van der Waals surface area contributed by atoms with Gasteiger partial charge in [0.2, 0.25) is 0 Å². The Morgan fingerprint density at radius 3 is 2.40 bits per heavy atom. The zero-order valence-electron chi connectivity index (χ0n) is 9.09. The van der Waals surface area contributed by atoms with E-state index in [9.17, 15) is 9.67 Å². The van der Waals surface area contributed by atoms with E-state index in [2.05, 4.69) is 0 Å². The van der Waals surface area contributed by atoms with Crippen LogP contribution in [0.5, 0.6) is 0 Å². The Bertz CT molecular complexity index is 337. The van der Waals surface area contributed by atoms with Crippen LogP contribution in [0.2, 0.25) is 0 Å². The summed E-state index contributed by atoms with van der Waals surface area (Å²) in [5, 5.41) is 10.4. The minimum absolute atomic E-state index is 0.337. The molecule has 0 saturated carbocycles. The Kier molecular flexibility index (Phi) is 4.52. The first-order chi connectivity index (χ1) is 7.15. The van der Waals surface area contributed by atoms with Crippen LogP contribution in [0, 0.1) is 0 Å². The van der Waals surface area contributed by atoms with Crippen molar-refractivity contribution in [2.45, 2.75) is 26.1 Å². The van der Waals surface area contributed by atoms with E-state index in [1.807, 2.05) is 6.07 Å². The Hall–Kier alpha value is -0.630. The minimum atomic E-state index is -3.11. The van der Waals surface area contributed by atoms with E-state index in [0.29, 0.717) is 18.3 Å². The molecule has 84 valence electrons. The summed E-state index contributed by atoms with van der Waals surface area (Å²) >= 11 is 0. The molecule has 0 aliphatic heterocycles. The fourth-order valence-electron chi connectivity index (χ4n) is 1.40. The number of aliphatic hydroxyl groups is 1. The third-order valence-electron chi connectivity index (χ3n) is 2.19. The van der Waals surface area contributed by atoms with Crippen LogP contribution in [0.4, 0.5) is 0 Å². The lowest BCUT2D eigenvalue weighted by Gasteiger charge is -2.22. The fraction of sp³-hybridized carbons (Fsp3) is 0.455. The fourth-order valence-corrected chi connectivity index (χ4v) is 3.52. The Balaban J connectivity index is 3.07. The van der Waals surface area contributed by atoms with Crippen LogP contribution < -0.4 is 5.30 Å². The quantitative estimate of drug-likeness (QED) is 0.787. The highest BCUT2D eigenvalue weighted by atomic mass is 31.2. The summed E-state index contributed by atoms with van der Waals surface area (Å²) in [5.74, 6) is -0.917. The molecule has 0 aromatic heterocycles. The molecule has 15 heavy (non-hydrogen) atoms. The van der Waals surface area contributed by atoms with Crippen LogP contribution >= 0.6 is 7.37 Å². The number of benzene rings is 1. The molecule has 1 aromatic rings. The molecule has 1 N–H and O–H groups in total. The zero-order chi connectivity index (χ0) is 11.3. The molecule has 0 radical (unpaired) electrons. The second-order valence-electron chi connectivity index (χ2n) is 3.24. The van der Waals surface area contributed by atoms with Crippen molar-refractivity contribution in [3.63, 3.8) is 0 Å². The SMILES string of the molecule is CCOP(=O)(c1ccccc1)C(O)CC. The molecule has 1 aromatic carbocycles. The van der Waals surface area contributed by atoms with E-state index in [0.717, 1.165) is 0 Å². The molecule has 2 unspecified atom stereocenters. The molecule has 2 atom stereocenters. The predicted molar refractivity (Wildman–Crippen MR) is 61.6 cm³/mol. The summed E-state index contributed by atoms with van der Waals surface area (Å²) in [4.78, 5) is 0. The molecule has 0 fully saturated rings. The van der Waals surface area contributed by atoms with Gasteiger partial charge in [0, 0.05) is 5.30 Å². The van der Waals surface area contributed by atoms with Crippen molar-refractivity contribution < 1.29 is 14.2 Å². The molecule has 1 rings (SSSR count). The molecule has 0 bridgehead atoms. The minimum Gasteiger partial charge on any atom is -0.383 e. The van der Waals surface area contributed by atoms with Crippen molar-refractivity contribution in [2.24, 2.45) is 0 Å². The average molecular weight is 228 g/mol. The first-order valence-electron chi connectivity index (χ1n) is 5.13. The second kappa shape index (κ2) is 5.45. The molecule has 0 spiro atoms. The molecule has 0 heterocycles. The lowest BCUT2D eigenvalue weighted by atomic mass is 10.4. The molecule has 3 nitrogen and oxygen atoms in total. The monoisotopic (exact) mass is 228 g/mol. The molecular formula is C11H17O3P. The van der Waals surface area contributed by atoms with Crippen molar-refractivity contribution in [3.05, 3.63) is 30.3 Å². The normalized spacial score (nSPS) is 17.0. The van der Waals surface area contributed by atoms with E-state index < -0.39 is 13.2 Å². The first kappa shape index (κ1) is 12.4. The van der Waals surface area contributed by atoms with Crippen molar-refractivity contribution in [1.82, 2.24) is 0 Å². The summed E-state index contributed by atoms with van der Waals surface area (Å²) in [6.07, 6.45) is 0.423. The Morgan fingerprint density at radius 2 is 1.93 bits per heavy atom. The summed E-state index contributed by atoms with van der Waals surface area (Å²) in [6.45, 7) is 3.90. The van der Waals surface area contributed by atoms with Gasteiger partial charge in [-0.25, -0.2) is 0 Å². The maximum absolute atomic E-state index is 12.5. The van der Waals surface area contributed by atoms with E-state index in [1.54, 1.807) is 38.1 Å². The summed E-state index contributed by atoms with van der Waals surface area (Å²) in [7, 11) is -3.11. The average Bonchev–Trinajstić information content (AvgIpc) is 2.29. The number of hydrogen-bond acceptors (Lipinski definition) is 3. The molecule has 0 aliphatic carbocycles. The Labute approximate surface area is 90.5 Å². The highest BCUT2D eigenvalue weighted by molar-refractivity contribution is 7.67. The highest BCUT2D eigenvalue weighted by Crippen LogP contribution is 2.50. The van der Waals surface area contributed by atoms with Gasteiger partial charge in [-0.2, -0.15) is 0 Å². The van der Waals surface area contributed by atoms with Crippen LogP contribution in [0.25, 0.3) is 0 Å². The first-order valence-corrected chi connectivity index (χ1v) is 6.82. The van der Waals surface area contributed by atoms with Gasteiger partial charge in [-0.15, -0.1) is 0 Å². The summed E-state index contributed by atoms with van der Waals surface area (Å²) in [6, 6.07) is 8.90. The molecular weight excluding hydrogens is 211 g/mol. The number of hydrogen-bond donors (Lipinski definition) is 1. The van der Waals surface area contributed by atoms with E-state index in [1.165, 1.54) is 0 Å². The smallest absolute Gasteiger partial charge is 0.259 e. The van der Waals surface area contributed by atoms with Crippen molar-refractivity contribution in [3.8, 4) is 0 Å². The van der Waals surface area contributed by atoms with E-state index >= 15 is 0 Å². The largest absolute Gasteiger partial charge is 0.383 e. The third-order valence-corrected chi connectivity index (χ3v) is 5.00. The maximum atomic E-state index is 12.5. The number of aliphatic hydroxyl groups excluding tert-OH is 1. The van der Waals surface area contributed by atoms with Crippen molar-refractivity contribution >= 4 is 12.7 Å². The van der Waals surface area contributed by atoms with Gasteiger partial charge in [-0.1, -0.05) is 25.1 Å². The van der Waals surface area contributed by atoms with Crippen LogP contribution in [-0.4, -0.2) is 17.6 Å². The standard InChI is InChI=1S/C11H17O3P/c1-3-11(12)15(13,14-4-2)10-8-6-5-7-9-10/h5-9,11-12H,3-4H2,1-2H3. The van der Waals surface area contributed by atoms with Gasteiger partial charge >= 0.3 is 0 Å². The van der Waals surface area contributed by atoms with Gasteiger partial charge in [0.25, 0.3) is 7.37 Å². The lowest BCUT2D eigenvalue weighted by molar-refractivity contribution is 0.211. The highest BCUT2D eigenvalue weighted by Gasteiger charge is 2.33. The predicted octanol–water partition coefficient (Wildman–Crippen LogP) is 2.35. The van der Waals surface area contributed by atoms with Gasteiger partial charge in [0.05, 0.1) is 6.61 Å². The molecule has 0 saturated heterocycles. The van der Waals surface area contributed by atoms with Crippen LogP contribution in [0.15, 0.2) is 30.3 Å². The van der Waals surface area contributed by atoms with Crippen LogP contribution in [-0.2, 0) is 9.09 Å². The van der Waals surface area contributed by atoms with Gasteiger partial charge in [0.15, 0.2) is 0 Å². The molecule has 0 amide bonds. The summed E-state index contributed by atoms with van der Waals surface area (Å²) in [5.41, 5.74) is 0. The second-order valence-corrected chi connectivity index (χ2v) is 5.80. The summed E-state index contributed by atoms with van der Waals surface area (Å²) < 4.78 is 17.7. The van der Waals surface area contributed by atoms with Crippen molar-refractivity contribution in [2.75, 3.05) is 6.61 Å². The van der Waals surface area contributed by atoms with Crippen molar-refractivity contribution in [1.29, 1.82) is 0 Å². The van der Waals surface area contributed by atoms with Crippen LogP contribution in [0.3, 0.4) is 0 Å². The third kappa shape index (κ3) is 2.69. The zero-order valence-corrected chi connectivity index (χ0v) is 9.98. The van der Waals surface area contributed by atoms with E-state index in [-0.39, 0.29) is 0 Å². The lowest BCUT2D eigenvalue weighted by Crippen LogP contribution is -2.18. The van der Waals surface area contributed by atoms with Gasteiger partial charge in [-0.3, -0.25) is 4.57 Å². The van der Waals surface area contributed by atoms with E-state index in [4.69, 9.17) is 4.52 Å². The number of rotatable bonds is 5. The topological polar surface area (TPSA) is 46.5 Å². The Morgan fingerprint density at radius 1 is 1.33 bits per heavy atom.